The lowest BCUT2D eigenvalue weighted by Crippen LogP contribution is -2.67. The van der Waals surface area contributed by atoms with Crippen LogP contribution in [0, 0.1) is 50.2 Å². The highest BCUT2D eigenvalue weighted by atomic mass is 16.8. The van der Waals surface area contributed by atoms with Crippen molar-refractivity contribution in [3.8, 4) is 0 Å². The summed E-state index contributed by atoms with van der Waals surface area (Å²) in [5.74, 6) is -0.0819. The Morgan fingerprint density at radius 1 is 0.646 bits per heavy atom. The molecule has 3 heterocycles. The molecule has 3 saturated heterocycles. The first-order valence-corrected chi connectivity index (χ1v) is 24.2. The van der Waals surface area contributed by atoms with E-state index in [0.29, 0.717) is 25.2 Å². The van der Waals surface area contributed by atoms with Gasteiger partial charge in [0.1, 0.15) is 67.1 Å². The van der Waals surface area contributed by atoms with E-state index in [4.69, 9.17) is 28.4 Å². The Hall–Kier alpha value is -1.39. The predicted molar refractivity (Wildman–Crippen MR) is 229 cm³/mol. The van der Waals surface area contributed by atoms with E-state index in [1.165, 1.54) is 12.5 Å². The van der Waals surface area contributed by atoms with Crippen LogP contribution >= 0.6 is 0 Å². The van der Waals surface area contributed by atoms with Crippen LogP contribution in [0.25, 0.3) is 0 Å². The highest BCUT2D eigenvalue weighted by Crippen LogP contribution is 2.76. The minimum Gasteiger partial charge on any atom is -0.481 e. The van der Waals surface area contributed by atoms with E-state index >= 15 is 0 Å². The molecule has 8 aliphatic rings. The fourth-order valence-electron chi connectivity index (χ4n) is 15.1. The molecule has 17 nitrogen and oxygen atoms in total. The number of rotatable bonds is 9. The van der Waals surface area contributed by atoms with Gasteiger partial charge in [0.05, 0.1) is 30.8 Å². The van der Waals surface area contributed by atoms with Crippen LogP contribution in [0.15, 0.2) is 11.6 Å². The predicted octanol–water partition coefficient (Wildman–Crippen LogP) is 1.73. The summed E-state index contributed by atoms with van der Waals surface area (Å²) in [6.45, 7) is 16.3. The van der Waals surface area contributed by atoms with Gasteiger partial charge in [-0.15, -0.1) is 0 Å². The number of hydrogen-bond acceptors (Lipinski definition) is 16. The molecule has 5 aliphatic carbocycles. The molecule has 372 valence electrons. The minimum atomic E-state index is -1.88. The van der Waals surface area contributed by atoms with Gasteiger partial charge in [-0.05, 0) is 116 Å². The van der Waals surface area contributed by atoms with Gasteiger partial charge in [0, 0.05) is 0 Å². The van der Waals surface area contributed by atoms with Gasteiger partial charge in [0.2, 0.25) is 0 Å². The summed E-state index contributed by atoms with van der Waals surface area (Å²) in [4.78, 5) is 13.1. The van der Waals surface area contributed by atoms with Crippen molar-refractivity contribution in [2.45, 2.75) is 218 Å². The first kappa shape index (κ1) is 50.0. The maximum Gasteiger partial charge on any atom is 0.310 e. The number of aliphatic hydroxyl groups excluding tert-OH is 9. The van der Waals surface area contributed by atoms with Crippen molar-refractivity contribution in [3.63, 3.8) is 0 Å². The van der Waals surface area contributed by atoms with E-state index < -0.39 is 128 Å². The Kier molecular flexibility index (Phi) is 13.4. The van der Waals surface area contributed by atoms with E-state index in [0.717, 1.165) is 44.9 Å². The van der Waals surface area contributed by atoms with Crippen molar-refractivity contribution in [3.05, 3.63) is 11.6 Å². The molecule has 0 bridgehead atoms. The van der Waals surface area contributed by atoms with Crippen LogP contribution in [-0.4, -0.2) is 168 Å². The van der Waals surface area contributed by atoms with Gasteiger partial charge >= 0.3 is 5.97 Å². The molecule has 65 heavy (non-hydrogen) atoms. The Bertz CT molecular complexity index is 1780. The third kappa shape index (κ3) is 7.81. The zero-order chi connectivity index (χ0) is 47.6. The van der Waals surface area contributed by atoms with Crippen molar-refractivity contribution >= 4 is 5.97 Å². The van der Waals surface area contributed by atoms with Gasteiger partial charge in [-0.1, -0.05) is 60.1 Å². The molecule has 0 amide bonds. The standard InChI is InChI=1S/C48H78O17/c1-22-30(51)33(54)34(55)39(60-22)64-38-32(53)26(21-50)62-41(36(38)57)65-37-31(52)25(20-49)61-40(35(37)56)63-29-12-13-45(6)27(44(29,4)5)11-14-47(8)28(45)10-9-23-24-19-43(2,3)15-17-48(24,42(58)59)18-16-46(23,47)7/h9,22,24-41,49-57H,10-21H2,1-8H3,(H,58,59). The van der Waals surface area contributed by atoms with Crippen molar-refractivity contribution in [1.29, 1.82) is 0 Å². The summed E-state index contributed by atoms with van der Waals surface area (Å²) in [6.07, 6.45) is -13.2. The third-order valence-electron chi connectivity index (χ3n) is 19.3. The van der Waals surface area contributed by atoms with E-state index in [1.807, 2.05) is 0 Å². The molecule has 10 N–H and O–H groups in total. The van der Waals surface area contributed by atoms with E-state index in [9.17, 15) is 55.9 Å². The van der Waals surface area contributed by atoms with Gasteiger partial charge in [0.15, 0.2) is 18.9 Å². The van der Waals surface area contributed by atoms with Crippen molar-refractivity contribution in [2.75, 3.05) is 13.2 Å². The number of carboxylic acid groups (broad SMARTS) is 1. The highest BCUT2D eigenvalue weighted by molar-refractivity contribution is 5.76. The Morgan fingerprint density at radius 2 is 1.20 bits per heavy atom. The molecular formula is C48H78O17. The summed E-state index contributed by atoms with van der Waals surface area (Å²) in [5.41, 5.74) is 0.0202. The van der Waals surface area contributed by atoms with Crippen LogP contribution in [0.2, 0.25) is 0 Å². The SMILES string of the molecule is CC1OC(OC2C(O)C(CO)OC(OC3C(O)C(CO)OC(OC4CCC5(C)C(CCC6(C)C5CC=C5C7CC(C)(C)CCC7(C(=O)O)CCC56C)C4(C)C)C3O)C2O)C(O)C(O)C1O. The fraction of sp³-hybridized carbons (Fsp3) is 0.938. The second-order valence-corrected chi connectivity index (χ2v) is 23.5. The zero-order valence-corrected chi connectivity index (χ0v) is 39.4. The molecule has 3 aliphatic heterocycles. The maximum absolute atomic E-state index is 13.1. The molecule has 23 unspecified atom stereocenters. The lowest BCUT2D eigenvalue weighted by Gasteiger charge is -2.71. The van der Waals surface area contributed by atoms with E-state index in [2.05, 4.69) is 54.5 Å². The van der Waals surface area contributed by atoms with Crippen molar-refractivity contribution < 1.29 is 84.3 Å². The van der Waals surface area contributed by atoms with E-state index in [1.54, 1.807) is 0 Å². The molecule has 0 radical (unpaired) electrons. The molecule has 7 fully saturated rings. The van der Waals surface area contributed by atoms with Crippen LogP contribution in [0.4, 0.5) is 0 Å². The second-order valence-electron chi connectivity index (χ2n) is 23.5. The molecular weight excluding hydrogens is 849 g/mol. The fourth-order valence-corrected chi connectivity index (χ4v) is 15.1. The van der Waals surface area contributed by atoms with Gasteiger partial charge in [-0.3, -0.25) is 4.79 Å². The average molecular weight is 927 g/mol. The van der Waals surface area contributed by atoms with Crippen LogP contribution in [-0.2, 0) is 33.2 Å². The molecule has 4 saturated carbocycles. The number of aliphatic carboxylic acids is 1. The van der Waals surface area contributed by atoms with Gasteiger partial charge < -0.3 is 79.5 Å². The van der Waals surface area contributed by atoms with Crippen molar-refractivity contribution in [2.24, 2.45) is 50.2 Å². The highest BCUT2D eigenvalue weighted by Gasteiger charge is 2.70. The van der Waals surface area contributed by atoms with Crippen LogP contribution in [0.3, 0.4) is 0 Å². The van der Waals surface area contributed by atoms with Crippen LogP contribution in [0.5, 0.6) is 0 Å². The largest absolute Gasteiger partial charge is 0.481 e. The number of allylic oxidation sites excluding steroid dienone is 2. The molecule has 0 aromatic carbocycles. The van der Waals surface area contributed by atoms with Gasteiger partial charge in [0.25, 0.3) is 0 Å². The van der Waals surface area contributed by atoms with Crippen LogP contribution in [0.1, 0.15) is 120 Å². The van der Waals surface area contributed by atoms with Gasteiger partial charge in [-0.25, -0.2) is 0 Å². The Balaban J connectivity index is 0.996. The van der Waals surface area contributed by atoms with E-state index in [-0.39, 0.29) is 33.5 Å². The average Bonchev–Trinajstić information content (AvgIpc) is 3.24. The Labute approximate surface area is 382 Å². The molecule has 0 spiro atoms. The Morgan fingerprint density at radius 3 is 1.77 bits per heavy atom. The minimum absolute atomic E-state index is 0.0210. The molecule has 8 rings (SSSR count). The second kappa shape index (κ2) is 17.5. The van der Waals surface area contributed by atoms with Crippen molar-refractivity contribution in [1.82, 2.24) is 0 Å². The summed E-state index contributed by atoms with van der Waals surface area (Å²) in [5, 5.41) is 108. The smallest absolute Gasteiger partial charge is 0.310 e. The topological polar surface area (TPSA) is 275 Å². The quantitative estimate of drug-likeness (QED) is 0.117. The maximum atomic E-state index is 13.1. The summed E-state index contributed by atoms with van der Waals surface area (Å²) in [6, 6.07) is 0. The number of carboxylic acids is 1. The summed E-state index contributed by atoms with van der Waals surface area (Å²) >= 11 is 0. The number of aliphatic hydroxyl groups is 9. The number of ether oxygens (including phenoxy) is 6. The monoisotopic (exact) mass is 927 g/mol. The van der Waals surface area contributed by atoms with Gasteiger partial charge in [-0.2, -0.15) is 0 Å². The lowest BCUT2D eigenvalue weighted by molar-refractivity contribution is -0.384. The summed E-state index contributed by atoms with van der Waals surface area (Å²) < 4.78 is 35.9. The van der Waals surface area contributed by atoms with Crippen LogP contribution < -0.4 is 0 Å². The molecule has 0 aromatic rings. The first-order valence-electron chi connectivity index (χ1n) is 24.2. The lowest BCUT2D eigenvalue weighted by atomic mass is 9.33. The third-order valence-corrected chi connectivity index (χ3v) is 19.3. The molecule has 17 heteroatoms. The number of hydrogen-bond donors (Lipinski definition) is 10. The first-order chi connectivity index (χ1) is 30.3. The molecule has 23 atom stereocenters. The zero-order valence-electron chi connectivity index (χ0n) is 39.4. The number of carbonyl (C=O) groups is 1. The normalized spacial score (nSPS) is 54.0. The number of fused-ring (bicyclic) bond motifs is 7. The summed E-state index contributed by atoms with van der Waals surface area (Å²) in [7, 11) is 0. The molecule has 0 aromatic heterocycles.